The van der Waals surface area contributed by atoms with E-state index in [4.69, 9.17) is 5.11 Å². The first-order chi connectivity index (χ1) is 7.09. The molecule has 2 rings (SSSR count). The van der Waals surface area contributed by atoms with E-state index in [0.717, 1.165) is 6.42 Å². The predicted octanol–water partition coefficient (Wildman–Crippen LogP) is 2.34. The Bertz CT molecular complexity index is 406. The predicted molar refractivity (Wildman–Crippen MR) is 54.6 cm³/mol. The number of carboxylic acids is 1. The number of hydrogen-bond donors (Lipinski definition) is 2. The number of carbonyl (C=O) groups is 1. The van der Waals surface area contributed by atoms with E-state index >= 15 is 0 Å². The van der Waals surface area contributed by atoms with E-state index in [1.54, 1.807) is 0 Å². The van der Waals surface area contributed by atoms with Crippen molar-refractivity contribution in [3.8, 4) is 0 Å². The molecule has 2 atom stereocenters. The molecule has 0 aromatic heterocycles. The average Bonchev–Trinajstić information content (AvgIpc) is 2.85. The van der Waals surface area contributed by atoms with Gasteiger partial charge in [0.15, 0.2) is 0 Å². The number of carboxylic acid groups (broad SMARTS) is 1. The van der Waals surface area contributed by atoms with Crippen LogP contribution < -0.4 is 5.32 Å². The lowest BCUT2D eigenvalue weighted by atomic mass is 10.1. The van der Waals surface area contributed by atoms with Crippen molar-refractivity contribution in [2.75, 3.05) is 5.32 Å². The molecule has 1 aliphatic carbocycles. The van der Waals surface area contributed by atoms with Crippen LogP contribution in [0, 0.1) is 11.7 Å². The van der Waals surface area contributed by atoms with Crippen LogP contribution >= 0.6 is 0 Å². The zero-order chi connectivity index (χ0) is 11.0. The summed E-state index contributed by atoms with van der Waals surface area (Å²) >= 11 is 0. The van der Waals surface area contributed by atoms with Crippen LogP contribution in [0.4, 0.5) is 10.1 Å². The van der Waals surface area contributed by atoms with E-state index in [1.807, 2.05) is 6.92 Å². The number of nitrogens with one attached hydrogen (secondary N) is 1. The minimum absolute atomic E-state index is 0.00546. The first kappa shape index (κ1) is 9.96. The largest absolute Gasteiger partial charge is 0.478 e. The molecule has 1 aromatic rings. The van der Waals surface area contributed by atoms with Crippen LogP contribution in [-0.4, -0.2) is 17.1 Å². The Hall–Kier alpha value is -1.58. The van der Waals surface area contributed by atoms with Crippen molar-refractivity contribution in [1.29, 1.82) is 0 Å². The SMILES string of the molecule is CC1CC1Nc1c(F)cccc1C(=O)O. The van der Waals surface area contributed by atoms with Crippen molar-refractivity contribution in [3.63, 3.8) is 0 Å². The van der Waals surface area contributed by atoms with E-state index in [-0.39, 0.29) is 17.3 Å². The molecule has 15 heavy (non-hydrogen) atoms. The molecule has 0 aliphatic heterocycles. The zero-order valence-electron chi connectivity index (χ0n) is 8.33. The van der Waals surface area contributed by atoms with Gasteiger partial charge in [-0.3, -0.25) is 0 Å². The standard InChI is InChI=1S/C11H12FNO2/c1-6-5-9(6)13-10-7(11(14)15)3-2-4-8(10)12/h2-4,6,9,13H,5H2,1H3,(H,14,15). The third-order valence-corrected chi connectivity index (χ3v) is 2.68. The number of anilines is 1. The van der Waals surface area contributed by atoms with Gasteiger partial charge in [-0.1, -0.05) is 13.0 Å². The van der Waals surface area contributed by atoms with Gasteiger partial charge < -0.3 is 10.4 Å². The maximum absolute atomic E-state index is 13.4. The van der Waals surface area contributed by atoms with Crippen molar-refractivity contribution < 1.29 is 14.3 Å². The van der Waals surface area contributed by atoms with Gasteiger partial charge in [-0.25, -0.2) is 9.18 Å². The van der Waals surface area contributed by atoms with E-state index in [1.165, 1.54) is 18.2 Å². The van der Waals surface area contributed by atoms with Crippen molar-refractivity contribution >= 4 is 11.7 Å². The second-order valence-corrected chi connectivity index (χ2v) is 3.93. The fourth-order valence-corrected chi connectivity index (χ4v) is 1.56. The molecule has 0 saturated heterocycles. The molecule has 4 heteroatoms. The van der Waals surface area contributed by atoms with Gasteiger partial charge in [-0.05, 0) is 24.5 Å². The van der Waals surface area contributed by atoms with Crippen molar-refractivity contribution in [1.82, 2.24) is 0 Å². The Balaban J connectivity index is 2.30. The number of benzene rings is 1. The molecule has 80 valence electrons. The monoisotopic (exact) mass is 209 g/mol. The minimum atomic E-state index is -1.11. The lowest BCUT2D eigenvalue weighted by Crippen LogP contribution is -2.11. The molecule has 2 unspecified atom stereocenters. The molecule has 0 radical (unpaired) electrons. The molecular weight excluding hydrogens is 197 g/mol. The van der Waals surface area contributed by atoms with Crippen LogP contribution in [0.15, 0.2) is 18.2 Å². The summed E-state index contributed by atoms with van der Waals surface area (Å²) in [5.74, 6) is -1.12. The van der Waals surface area contributed by atoms with Crippen LogP contribution in [0.3, 0.4) is 0 Å². The molecule has 0 amide bonds. The number of rotatable bonds is 3. The maximum Gasteiger partial charge on any atom is 0.337 e. The van der Waals surface area contributed by atoms with Crippen molar-refractivity contribution in [2.45, 2.75) is 19.4 Å². The highest BCUT2D eigenvalue weighted by atomic mass is 19.1. The molecule has 1 saturated carbocycles. The first-order valence-corrected chi connectivity index (χ1v) is 4.88. The molecular formula is C11H12FNO2. The lowest BCUT2D eigenvalue weighted by molar-refractivity contribution is 0.0697. The highest BCUT2D eigenvalue weighted by molar-refractivity contribution is 5.94. The minimum Gasteiger partial charge on any atom is -0.478 e. The van der Waals surface area contributed by atoms with Gasteiger partial charge >= 0.3 is 5.97 Å². The van der Waals surface area contributed by atoms with Gasteiger partial charge in [0.25, 0.3) is 0 Å². The summed E-state index contributed by atoms with van der Waals surface area (Å²) in [4.78, 5) is 10.9. The molecule has 1 fully saturated rings. The summed E-state index contributed by atoms with van der Waals surface area (Å²) < 4.78 is 13.4. The average molecular weight is 209 g/mol. The molecule has 3 nitrogen and oxygen atoms in total. The first-order valence-electron chi connectivity index (χ1n) is 4.88. The van der Waals surface area contributed by atoms with E-state index in [0.29, 0.717) is 5.92 Å². The smallest absolute Gasteiger partial charge is 0.337 e. The van der Waals surface area contributed by atoms with E-state index < -0.39 is 11.8 Å². The fourth-order valence-electron chi connectivity index (χ4n) is 1.56. The molecule has 1 aromatic carbocycles. The fraction of sp³-hybridized carbons (Fsp3) is 0.364. The molecule has 0 bridgehead atoms. The number of para-hydroxylation sites is 1. The van der Waals surface area contributed by atoms with E-state index in [9.17, 15) is 9.18 Å². The molecule has 0 heterocycles. The Labute approximate surface area is 86.9 Å². The van der Waals surface area contributed by atoms with Gasteiger partial charge in [0.2, 0.25) is 0 Å². The van der Waals surface area contributed by atoms with Crippen molar-refractivity contribution in [3.05, 3.63) is 29.6 Å². The summed E-state index contributed by atoms with van der Waals surface area (Å²) in [6, 6.07) is 4.28. The lowest BCUT2D eigenvalue weighted by Gasteiger charge is -2.09. The summed E-state index contributed by atoms with van der Waals surface area (Å²) in [6.45, 7) is 2.04. The quantitative estimate of drug-likeness (QED) is 0.803. The molecule has 0 spiro atoms. The Morgan fingerprint density at radius 1 is 1.60 bits per heavy atom. The normalized spacial score (nSPS) is 23.6. The molecule has 1 aliphatic rings. The highest BCUT2D eigenvalue weighted by Crippen LogP contribution is 2.34. The topological polar surface area (TPSA) is 49.3 Å². The number of aromatic carboxylic acids is 1. The summed E-state index contributed by atoms with van der Waals surface area (Å²) in [5, 5.41) is 11.8. The second kappa shape index (κ2) is 3.53. The van der Waals surface area contributed by atoms with Gasteiger partial charge in [0, 0.05) is 6.04 Å². The second-order valence-electron chi connectivity index (χ2n) is 3.93. The Kier molecular flexibility index (Phi) is 2.34. The maximum atomic E-state index is 13.4. The van der Waals surface area contributed by atoms with Crippen LogP contribution in [0.25, 0.3) is 0 Å². The van der Waals surface area contributed by atoms with Gasteiger partial charge in [0.05, 0.1) is 11.3 Å². The Morgan fingerprint density at radius 3 is 2.80 bits per heavy atom. The van der Waals surface area contributed by atoms with Gasteiger partial charge in [0.1, 0.15) is 5.82 Å². The van der Waals surface area contributed by atoms with Crippen LogP contribution in [-0.2, 0) is 0 Å². The number of hydrogen-bond acceptors (Lipinski definition) is 2. The summed E-state index contributed by atoms with van der Waals surface area (Å²) in [7, 11) is 0. The summed E-state index contributed by atoms with van der Waals surface area (Å²) in [6.07, 6.45) is 0.966. The van der Waals surface area contributed by atoms with Crippen LogP contribution in [0.1, 0.15) is 23.7 Å². The highest BCUT2D eigenvalue weighted by Gasteiger charge is 2.33. The van der Waals surface area contributed by atoms with Crippen LogP contribution in [0.2, 0.25) is 0 Å². The van der Waals surface area contributed by atoms with Crippen LogP contribution in [0.5, 0.6) is 0 Å². The van der Waals surface area contributed by atoms with Gasteiger partial charge in [-0.15, -0.1) is 0 Å². The van der Waals surface area contributed by atoms with Gasteiger partial charge in [-0.2, -0.15) is 0 Å². The zero-order valence-corrected chi connectivity index (χ0v) is 8.33. The van der Waals surface area contributed by atoms with E-state index in [2.05, 4.69) is 5.32 Å². The number of halogens is 1. The summed E-state index contributed by atoms with van der Waals surface area (Å²) in [5.41, 5.74) is 0.105. The Morgan fingerprint density at radius 2 is 2.27 bits per heavy atom. The molecule has 2 N–H and O–H groups in total. The van der Waals surface area contributed by atoms with Crippen molar-refractivity contribution in [2.24, 2.45) is 5.92 Å². The third-order valence-electron chi connectivity index (χ3n) is 2.68. The third kappa shape index (κ3) is 1.93.